The molecule has 1 aromatic rings. The lowest BCUT2D eigenvalue weighted by Crippen LogP contribution is -2.28. The van der Waals surface area contributed by atoms with Crippen LogP contribution >= 0.6 is 15.9 Å². The van der Waals surface area contributed by atoms with Gasteiger partial charge in [0.1, 0.15) is 6.61 Å². The van der Waals surface area contributed by atoms with Crippen molar-refractivity contribution in [2.24, 2.45) is 5.73 Å². The molecule has 3 N–H and O–H groups in total. The maximum Gasteiger partial charge on any atom is 0.175 e. The average molecular weight is 318 g/mol. The summed E-state index contributed by atoms with van der Waals surface area (Å²) in [6.45, 7) is 6.45. The molecule has 18 heavy (non-hydrogen) atoms. The largest absolute Gasteiger partial charge is 0.490 e. The van der Waals surface area contributed by atoms with E-state index >= 15 is 0 Å². The third kappa shape index (κ3) is 4.48. The van der Waals surface area contributed by atoms with Crippen LogP contribution in [0.1, 0.15) is 26.3 Å². The lowest BCUT2D eigenvalue weighted by molar-refractivity contribution is 0.0271. The molecule has 0 aliphatic heterocycles. The first-order valence-electron chi connectivity index (χ1n) is 5.88. The minimum atomic E-state index is -0.893. The Morgan fingerprint density at radius 3 is 2.50 bits per heavy atom. The van der Waals surface area contributed by atoms with E-state index in [1.807, 2.05) is 19.1 Å². The summed E-state index contributed by atoms with van der Waals surface area (Å²) in [5.74, 6) is 1.23. The van der Waals surface area contributed by atoms with E-state index in [4.69, 9.17) is 15.2 Å². The standard InChI is InChI=1S/C13H20BrNO3/c1-4-17-11-6-9(7-15)5-10(14)12(11)18-8-13(2,3)16/h5-6,16H,4,7-8,15H2,1-3H3. The fourth-order valence-electron chi connectivity index (χ4n) is 1.39. The number of hydrogen-bond donors (Lipinski definition) is 2. The molecule has 0 bridgehead atoms. The zero-order valence-corrected chi connectivity index (χ0v) is 12.6. The van der Waals surface area contributed by atoms with Gasteiger partial charge in [-0.1, -0.05) is 0 Å². The van der Waals surface area contributed by atoms with Gasteiger partial charge in [-0.2, -0.15) is 0 Å². The van der Waals surface area contributed by atoms with Crippen LogP contribution in [-0.4, -0.2) is 23.9 Å². The van der Waals surface area contributed by atoms with E-state index < -0.39 is 5.60 Å². The summed E-state index contributed by atoms with van der Waals surface area (Å²) in [4.78, 5) is 0. The van der Waals surface area contributed by atoms with Gasteiger partial charge in [-0.3, -0.25) is 0 Å². The average Bonchev–Trinajstić information content (AvgIpc) is 2.26. The van der Waals surface area contributed by atoms with Gasteiger partial charge in [0, 0.05) is 6.54 Å². The van der Waals surface area contributed by atoms with Crippen LogP contribution in [0.4, 0.5) is 0 Å². The Morgan fingerprint density at radius 1 is 1.33 bits per heavy atom. The number of ether oxygens (including phenoxy) is 2. The topological polar surface area (TPSA) is 64.7 Å². The van der Waals surface area contributed by atoms with Crippen molar-refractivity contribution in [3.63, 3.8) is 0 Å². The van der Waals surface area contributed by atoms with Gasteiger partial charge in [0.25, 0.3) is 0 Å². The normalized spacial score (nSPS) is 11.4. The van der Waals surface area contributed by atoms with Crippen LogP contribution in [0.25, 0.3) is 0 Å². The van der Waals surface area contributed by atoms with Crippen molar-refractivity contribution < 1.29 is 14.6 Å². The number of rotatable bonds is 6. The van der Waals surface area contributed by atoms with E-state index in [0.717, 1.165) is 10.0 Å². The van der Waals surface area contributed by atoms with Crippen LogP contribution in [0.2, 0.25) is 0 Å². The predicted molar refractivity (Wildman–Crippen MR) is 75.0 cm³/mol. The highest BCUT2D eigenvalue weighted by atomic mass is 79.9. The fraction of sp³-hybridized carbons (Fsp3) is 0.538. The molecule has 0 aliphatic carbocycles. The van der Waals surface area contributed by atoms with Crippen molar-refractivity contribution in [1.82, 2.24) is 0 Å². The van der Waals surface area contributed by atoms with Gasteiger partial charge in [-0.15, -0.1) is 0 Å². The number of aliphatic hydroxyl groups is 1. The lowest BCUT2D eigenvalue weighted by atomic mass is 10.1. The lowest BCUT2D eigenvalue weighted by Gasteiger charge is -2.20. The summed E-state index contributed by atoms with van der Waals surface area (Å²) in [5.41, 5.74) is 5.69. The van der Waals surface area contributed by atoms with Crippen LogP contribution in [0.5, 0.6) is 11.5 Å². The molecule has 0 unspecified atom stereocenters. The molecule has 0 saturated heterocycles. The molecule has 102 valence electrons. The molecular weight excluding hydrogens is 298 g/mol. The maximum atomic E-state index is 9.69. The second kappa shape index (κ2) is 6.41. The molecule has 0 saturated carbocycles. The summed E-state index contributed by atoms with van der Waals surface area (Å²) >= 11 is 3.43. The molecule has 0 heterocycles. The molecule has 0 fully saturated rings. The smallest absolute Gasteiger partial charge is 0.175 e. The summed E-state index contributed by atoms with van der Waals surface area (Å²) in [7, 11) is 0. The Labute approximate surface area is 116 Å². The maximum absolute atomic E-state index is 9.69. The summed E-state index contributed by atoms with van der Waals surface area (Å²) < 4.78 is 11.9. The van der Waals surface area contributed by atoms with Gasteiger partial charge in [0.2, 0.25) is 0 Å². The minimum absolute atomic E-state index is 0.188. The first-order valence-corrected chi connectivity index (χ1v) is 6.67. The van der Waals surface area contributed by atoms with Crippen LogP contribution in [0, 0.1) is 0 Å². The van der Waals surface area contributed by atoms with Crippen molar-refractivity contribution >= 4 is 15.9 Å². The Balaban J connectivity index is 3.00. The third-order valence-electron chi connectivity index (χ3n) is 2.17. The highest BCUT2D eigenvalue weighted by Gasteiger charge is 2.17. The van der Waals surface area contributed by atoms with E-state index in [1.165, 1.54) is 0 Å². The molecule has 0 atom stereocenters. The van der Waals surface area contributed by atoms with Gasteiger partial charge in [0.15, 0.2) is 11.5 Å². The monoisotopic (exact) mass is 317 g/mol. The van der Waals surface area contributed by atoms with Crippen LogP contribution in [0.3, 0.4) is 0 Å². The summed E-state index contributed by atoms with van der Waals surface area (Å²) in [6.07, 6.45) is 0. The number of halogens is 1. The van der Waals surface area contributed by atoms with E-state index in [-0.39, 0.29) is 6.61 Å². The first kappa shape index (κ1) is 15.3. The minimum Gasteiger partial charge on any atom is -0.490 e. The van der Waals surface area contributed by atoms with Gasteiger partial charge in [-0.25, -0.2) is 0 Å². The Bertz CT molecular complexity index is 402. The summed E-state index contributed by atoms with van der Waals surface area (Å²) in [5, 5.41) is 9.69. The summed E-state index contributed by atoms with van der Waals surface area (Å²) in [6, 6.07) is 3.75. The molecule has 1 rings (SSSR count). The van der Waals surface area contributed by atoms with E-state index in [0.29, 0.717) is 24.7 Å². The molecule has 0 spiro atoms. The highest BCUT2D eigenvalue weighted by Crippen LogP contribution is 2.37. The quantitative estimate of drug-likeness (QED) is 0.846. The van der Waals surface area contributed by atoms with Gasteiger partial charge in [0.05, 0.1) is 16.7 Å². The van der Waals surface area contributed by atoms with Crippen molar-refractivity contribution in [2.75, 3.05) is 13.2 Å². The molecule has 4 nitrogen and oxygen atoms in total. The van der Waals surface area contributed by atoms with Crippen LogP contribution in [0.15, 0.2) is 16.6 Å². The number of hydrogen-bond acceptors (Lipinski definition) is 4. The molecule has 0 aromatic heterocycles. The Hall–Kier alpha value is -0.780. The number of benzene rings is 1. The predicted octanol–water partition coefficient (Wildman–Crippen LogP) is 2.46. The van der Waals surface area contributed by atoms with Crippen molar-refractivity contribution in [1.29, 1.82) is 0 Å². The van der Waals surface area contributed by atoms with Crippen molar-refractivity contribution in [3.8, 4) is 11.5 Å². The van der Waals surface area contributed by atoms with E-state index in [1.54, 1.807) is 13.8 Å². The van der Waals surface area contributed by atoms with Crippen molar-refractivity contribution in [3.05, 3.63) is 22.2 Å². The molecule has 5 heteroatoms. The highest BCUT2D eigenvalue weighted by molar-refractivity contribution is 9.10. The van der Waals surface area contributed by atoms with E-state index in [9.17, 15) is 5.11 Å². The van der Waals surface area contributed by atoms with Crippen molar-refractivity contribution in [2.45, 2.75) is 32.9 Å². The molecular formula is C13H20BrNO3. The van der Waals surface area contributed by atoms with Crippen LogP contribution in [-0.2, 0) is 6.54 Å². The third-order valence-corrected chi connectivity index (χ3v) is 2.76. The zero-order valence-electron chi connectivity index (χ0n) is 11.0. The van der Waals surface area contributed by atoms with Gasteiger partial charge < -0.3 is 20.3 Å². The second-order valence-corrected chi connectivity index (χ2v) is 5.50. The fourth-order valence-corrected chi connectivity index (χ4v) is 1.99. The second-order valence-electron chi connectivity index (χ2n) is 4.64. The molecule has 0 amide bonds. The molecule has 1 aromatic carbocycles. The molecule has 0 radical (unpaired) electrons. The SMILES string of the molecule is CCOc1cc(CN)cc(Br)c1OCC(C)(C)O. The Morgan fingerprint density at radius 2 is 2.00 bits per heavy atom. The van der Waals surface area contributed by atoms with Gasteiger partial charge in [-0.05, 0) is 54.4 Å². The Kier molecular flexibility index (Phi) is 5.44. The first-order chi connectivity index (χ1) is 8.37. The van der Waals surface area contributed by atoms with Gasteiger partial charge >= 0.3 is 0 Å². The number of nitrogens with two attached hydrogens (primary N) is 1. The molecule has 0 aliphatic rings. The van der Waals surface area contributed by atoms with E-state index in [2.05, 4.69) is 15.9 Å². The zero-order chi connectivity index (χ0) is 13.8. The van der Waals surface area contributed by atoms with Crippen LogP contribution < -0.4 is 15.2 Å².